The van der Waals surface area contributed by atoms with Gasteiger partial charge in [0.05, 0.1) is 18.8 Å². The standard InChI is InChI=1S/C29H38F2O2/c1-3-5-20-7-11-22(12-8-20)25-16-18-27(29(31)28(25)30)32-19-21-9-13-23(14-10-21)26-17-15-24(33-26)6-4-2/h7-8,11-12,16,18,21,23-24,26H,3-6,9-10,13-15,17,19H2,1-2H3. The quantitative estimate of drug-likeness (QED) is 0.379. The summed E-state index contributed by atoms with van der Waals surface area (Å²) in [5, 5.41) is 0. The van der Waals surface area contributed by atoms with Crippen LogP contribution in [0.15, 0.2) is 36.4 Å². The minimum absolute atomic E-state index is 0.0162. The average molecular weight is 457 g/mol. The molecule has 180 valence electrons. The summed E-state index contributed by atoms with van der Waals surface area (Å²) in [6, 6.07) is 10.9. The Balaban J connectivity index is 1.29. The summed E-state index contributed by atoms with van der Waals surface area (Å²) < 4.78 is 41.6. The Morgan fingerprint density at radius 3 is 2.30 bits per heavy atom. The van der Waals surface area contributed by atoms with Crippen LogP contribution in [0.1, 0.15) is 77.2 Å². The maximum absolute atomic E-state index is 14.8. The van der Waals surface area contributed by atoms with Crippen molar-refractivity contribution < 1.29 is 18.3 Å². The van der Waals surface area contributed by atoms with Crippen molar-refractivity contribution in [1.82, 2.24) is 0 Å². The summed E-state index contributed by atoms with van der Waals surface area (Å²) in [6.07, 6.45) is 12.1. The second kappa shape index (κ2) is 11.5. The fourth-order valence-electron chi connectivity index (χ4n) is 5.55. The number of hydrogen-bond donors (Lipinski definition) is 0. The van der Waals surface area contributed by atoms with Crippen molar-refractivity contribution in [3.8, 4) is 16.9 Å². The molecule has 0 spiro atoms. The van der Waals surface area contributed by atoms with E-state index in [0.717, 1.165) is 38.5 Å². The topological polar surface area (TPSA) is 18.5 Å². The first kappa shape index (κ1) is 24.2. The maximum Gasteiger partial charge on any atom is 0.201 e. The Morgan fingerprint density at radius 1 is 0.848 bits per heavy atom. The predicted octanol–water partition coefficient (Wildman–Crippen LogP) is 8.12. The predicted molar refractivity (Wildman–Crippen MR) is 130 cm³/mol. The molecule has 2 unspecified atom stereocenters. The molecule has 0 N–H and O–H groups in total. The molecule has 2 aromatic carbocycles. The molecule has 0 amide bonds. The molecule has 2 aliphatic rings. The van der Waals surface area contributed by atoms with Crippen LogP contribution in [0.5, 0.6) is 5.75 Å². The highest BCUT2D eigenvalue weighted by Crippen LogP contribution is 2.38. The third-order valence-electron chi connectivity index (χ3n) is 7.49. The molecular weight excluding hydrogens is 418 g/mol. The van der Waals surface area contributed by atoms with E-state index in [0.29, 0.717) is 36.2 Å². The third-order valence-corrected chi connectivity index (χ3v) is 7.49. The zero-order valence-electron chi connectivity index (χ0n) is 20.1. The molecule has 33 heavy (non-hydrogen) atoms. The fourth-order valence-corrected chi connectivity index (χ4v) is 5.55. The first-order valence-electron chi connectivity index (χ1n) is 12.9. The smallest absolute Gasteiger partial charge is 0.201 e. The van der Waals surface area contributed by atoms with Crippen LogP contribution in [0.2, 0.25) is 0 Å². The van der Waals surface area contributed by atoms with E-state index < -0.39 is 11.6 Å². The molecule has 2 fully saturated rings. The van der Waals surface area contributed by atoms with Crippen LogP contribution in [0.4, 0.5) is 8.78 Å². The molecule has 0 bridgehead atoms. The lowest BCUT2D eigenvalue weighted by Gasteiger charge is -2.32. The molecule has 0 radical (unpaired) electrons. The van der Waals surface area contributed by atoms with E-state index in [9.17, 15) is 8.78 Å². The maximum atomic E-state index is 14.8. The van der Waals surface area contributed by atoms with Gasteiger partial charge in [0.15, 0.2) is 11.6 Å². The van der Waals surface area contributed by atoms with Crippen molar-refractivity contribution in [1.29, 1.82) is 0 Å². The monoisotopic (exact) mass is 456 g/mol. The van der Waals surface area contributed by atoms with Crippen molar-refractivity contribution in [2.45, 2.75) is 90.3 Å². The van der Waals surface area contributed by atoms with Crippen molar-refractivity contribution >= 4 is 0 Å². The van der Waals surface area contributed by atoms with Crippen LogP contribution in [0, 0.1) is 23.5 Å². The first-order chi connectivity index (χ1) is 16.1. The molecule has 1 saturated carbocycles. The second-order valence-electron chi connectivity index (χ2n) is 9.94. The van der Waals surface area contributed by atoms with Gasteiger partial charge in [0.1, 0.15) is 0 Å². The summed E-state index contributed by atoms with van der Waals surface area (Å²) in [7, 11) is 0. The highest BCUT2D eigenvalue weighted by atomic mass is 19.2. The van der Waals surface area contributed by atoms with Crippen LogP contribution in [-0.4, -0.2) is 18.8 Å². The van der Waals surface area contributed by atoms with Crippen molar-refractivity contribution in [2.75, 3.05) is 6.61 Å². The fraction of sp³-hybridized carbons (Fsp3) is 0.586. The number of hydrogen-bond acceptors (Lipinski definition) is 2. The SMILES string of the molecule is CCCc1ccc(-c2ccc(OCC3CCC(C4CCC(CCC)O4)CC3)c(F)c2F)cc1. The average Bonchev–Trinajstić information content (AvgIpc) is 3.30. The Morgan fingerprint density at radius 2 is 1.61 bits per heavy atom. The van der Waals surface area contributed by atoms with E-state index in [4.69, 9.17) is 9.47 Å². The molecular formula is C29H38F2O2. The number of halogens is 2. The summed E-state index contributed by atoms with van der Waals surface area (Å²) in [4.78, 5) is 0. The van der Waals surface area contributed by atoms with E-state index >= 15 is 0 Å². The lowest BCUT2D eigenvalue weighted by atomic mass is 9.79. The zero-order valence-corrected chi connectivity index (χ0v) is 20.1. The Labute approximate surface area is 197 Å². The van der Waals surface area contributed by atoms with Gasteiger partial charge in [0.2, 0.25) is 5.82 Å². The van der Waals surface area contributed by atoms with E-state index in [2.05, 4.69) is 13.8 Å². The summed E-state index contributed by atoms with van der Waals surface area (Å²) in [5.41, 5.74) is 2.17. The molecule has 1 saturated heterocycles. The van der Waals surface area contributed by atoms with Crippen LogP contribution in [-0.2, 0) is 11.2 Å². The van der Waals surface area contributed by atoms with Crippen molar-refractivity contribution in [2.24, 2.45) is 11.8 Å². The zero-order chi connectivity index (χ0) is 23.2. The van der Waals surface area contributed by atoms with Gasteiger partial charge in [0, 0.05) is 5.56 Å². The summed E-state index contributed by atoms with van der Waals surface area (Å²) >= 11 is 0. The van der Waals surface area contributed by atoms with Crippen molar-refractivity contribution in [3.05, 3.63) is 53.6 Å². The normalized spacial score (nSPS) is 25.3. The highest BCUT2D eigenvalue weighted by molar-refractivity contribution is 5.65. The van der Waals surface area contributed by atoms with E-state index in [1.54, 1.807) is 12.1 Å². The Hall–Kier alpha value is -1.94. The minimum Gasteiger partial charge on any atom is -0.490 e. The van der Waals surface area contributed by atoms with E-state index in [1.165, 1.54) is 31.2 Å². The van der Waals surface area contributed by atoms with Gasteiger partial charge in [-0.3, -0.25) is 0 Å². The van der Waals surface area contributed by atoms with Gasteiger partial charge >= 0.3 is 0 Å². The molecule has 4 rings (SSSR count). The molecule has 2 aromatic rings. The lowest BCUT2D eigenvalue weighted by Crippen LogP contribution is -2.28. The second-order valence-corrected chi connectivity index (χ2v) is 9.94. The van der Waals surface area contributed by atoms with Gasteiger partial charge < -0.3 is 9.47 Å². The van der Waals surface area contributed by atoms with Crippen LogP contribution >= 0.6 is 0 Å². The summed E-state index contributed by atoms with van der Waals surface area (Å²) in [5.74, 6) is -0.676. The van der Waals surface area contributed by atoms with Gasteiger partial charge in [-0.2, -0.15) is 4.39 Å². The molecule has 2 atom stereocenters. The van der Waals surface area contributed by atoms with Crippen molar-refractivity contribution in [3.63, 3.8) is 0 Å². The van der Waals surface area contributed by atoms with E-state index in [-0.39, 0.29) is 11.3 Å². The number of rotatable bonds is 9. The van der Waals surface area contributed by atoms with E-state index in [1.807, 2.05) is 24.3 Å². The highest BCUT2D eigenvalue weighted by Gasteiger charge is 2.34. The minimum atomic E-state index is -0.889. The van der Waals surface area contributed by atoms with Crippen LogP contribution in [0.25, 0.3) is 11.1 Å². The number of benzene rings is 2. The molecule has 0 aromatic heterocycles. The number of ether oxygens (including phenoxy) is 2. The molecule has 1 heterocycles. The van der Waals surface area contributed by atoms with Gasteiger partial charge in [0.25, 0.3) is 0 Å². The van der Waals surface area contributed by atoms with Crippen LogP contribution in [0.3, 0.4) is 0 Å². The van der Waals surface area contributed by atoms with Gasteiger partial charge in [-0.25, -0.2) is 4.39 Å². The van der Waals surface area contributed by atoms with Crippen LogP contribution < -0.4 is 4.74 Å². The third kappa shape index (κ3) is 5.95. The molecule has 1 aliphatic carbocycles. The van der Waals surface area contributed by atoms with Gasteiger partial charge in [-0.1, -0.05) is 51.0 Å². The van der Waals surface area contributed by atoms with Gasteiger partial charge in [-0.15, -0.1) is 0 Å². The number of aryl methyl sites for hydroxylation is 1. The molecule has 1 aliphatic heterocycles. The first-order valence-corrected chi connectivity index (χ1v) is 12.9. The largest absolute Gasteiger partial charge is 0.490 e. The van der Waals surface area contributed by atoms with Gasteiger partial charge in [-0.05, 0) is 86.5 Å². The summed E-state index contributed by atoms with van der Waals surface area (Å²) in [6.45, 7) is 4.78. The lowest BCUT2D eigenvalue weighted by molar-refractivity contribution is -0.00903. The Kier molecular flexibility index (Phi) is 8.40. The molecule has 4 heteroatoms. The molecule has 2 nitrogen and oxygen atoms in total. The Bertz CT molecular complexity index is 887.